The number of rotatable bonds is 4. The number of nitrogens with two attached hydrogens (primary N) is 1. The number of anilines is 1. The fraction of sp³-hybridized carbons (Fsp3) is 0.625. The molecule has 1 heterocycles. The Balaban J connectivity index is 1.62. The second-order valence-corrected chi connectivity index (χ2v) is 6.64. The predicted molar refractivity (Wildman–Crippen MR) is 85.4 cm³/mol. The molecular weight excluding hydrogens is 270 g/mol. The van der Waals surface area contributed by atoms with Crippen LogP contribution in [0.25, 0.3) is 0 Å². The van der Waals surface area contributed by atoms with Crippen molar-refractivity contribution >= 4 is 17.3 Å². The van der Waals surface area contributed by atoms with E-state index in [0.29, 0.717) is 0 Å². The standard InChI is InChI=1S/C16H24ClN3/c1-12(18)14-4-5-16(15(17)10-14)20-8-6-19(7-9-20)11-13-2-3-13/h4-5,10,12-13H,2-3,6-9,11,18H2,1H3. The van der Waals surface area contributed by atoms with E-state index in [2.05, 4.69) is 21.9 Å². The maximum Gasteiger partial charge on any atom is 0.0642 e. The van der Waals surface area contributed by atoms with Gasteiger partial charge in [0.05, 0.1) is 10.7 Å². The van der Waals surface area contributed by atoms with Gasteiger partial charge in [0.25, 0.3) is 0 Å². The third kappa shape index (κ3) is 3.27. The first kappa shape index (κ1) is 14.2. The van der Waals surface area contributed by atoms with Crippen molar-refractivity contribution in [3.05, 3.63) is 28.8 Å². The van der Waals surface area contributed by atoms with Crippen LogP contribution in [-0.2, 0) is 0 Å². The number of hydrogen-bond acceptors (Lipinski definition) is 3. The van der Waals surface area contributed by atoms with Gasteiger partial charge in [-0.05, 0) is 43.4 Å². The van der Waals surface area contributed by atoms with Gasteiger partial charge >= 0.3 is 0 Å². The van der Waals surface area contributed by atoms with Crippen molar-refractivity contribution in [2.24, 2.45) is 11.7 Å². The van der Waals surface area contributed by atoms with Crippen LogP contribution in [-0.4, -0.2) is 37.6 Å². The second kappa shape index (κ2) is 5.92. The summed E-state index contributed by atoms with van der Waals surface area (Å²) in [6.07, 6.45) is 2.87. The van der Waals surface area contributed by atoms with Crippen LogP contribution >= 0.6 is 11.6 Å². The molecule has 1 aliphatic heterocycles. The highest BCUT2D eigenvalue weighted by Gasteiger charge is 2.26. The largest absolute Gasteiger partial charge is 0.368 e. The molecule has 1 aromatic rings. The van der Waals surface area contributed by atoms with Gasteiger partial charge in [-0.2, -0.15) is 0 Å². The molecule has 2 aliphatic rings. The summed E-state index contributed by atoms with van der Waals surface area (Å²) in [4.78, 5) is 5.00. The quantitative estimate of drug-likeness (QED) is 0.926. The van der Waals surface area contributed by atoms with Crippen molar-refractivity contribution in [2.75, 3.05) is 37.6 Å². The average Bonchev–Trinajstić information content (AvgIpc) is 3.24. The SMILES string of the molecule is CC(N)c1ccc(N2CCN(CC3CC3)CC2)c(Cl)c1. The van der Waals surface area contributed by atoms with E-state index in [9.17, 15) is 0 Å². The van der Waals surface area contributed by atoms with Gasteiger partial charge in [-0.25, -0.2) is 0 Å². The van der Waals surface area contributed by atoms with E-state index in [0.717, 1.165) is 48.4 Å². The smallest absolute Gasteiger partial charge is 0.0642 e. The van der Waals surface area contributed by atoms with Crippen LogP contribution in [0.15, 0.2) is 18.2 Å². The summed E-state index contributed by atoms with van der Waals surface area (Å²) in [6.45, 7) is 7.74. The molecule has 0 bridgehead atoms. The molecule has 1 saturated carbocycles. The van der Waals surface area contributed by atoms with E-state index in [1.165, 1.54) is 19.4 Å². The third-order valence-corrected chi connectivity index (χ3v) is 4.73. The minimum Gasteiger partial charge on any atom is -0.368 e. The molecule has 20 heavy (non-hydrogen) atoms. The van der Waals surface area contributed by atoms with E-state index in [1.807, 2.05) is 13.0 Å². The van der Waals surface area contributed by atoms with E-state index < -0.39 is 0 Å². The molecule has 0 aromatic heterocycles. The Morgan fingerprint density at radius 1 is 1.25 bits per heavy atom. The minimum atomic E-state index is 0.0388. The molecule has 4 heteroatoms. The van der Waals surface area contributed by atoms with E-state index in [-0.39, 0.29) is 6.04 Å². The third-order valence-electron chi connectivity index (χ3n) is 4.42. The van der Waals surface area contributed by atoms with Crippen LogP contribution in [0.2, 0.25) is 5.02 Å². The molecule has 1 atom stereocenters. The fourth-order valence-corrected chi connectivity index (χ4v) is 3.21. The van der Waals surface area contributed by atoms with Crippen molar-refractivity contribution in [1.82, 2.24) is 4.90 Å². The van der Waals surface area contributed by atoms with Gasteiger partial charge in [0.2, 0.25) is 0 Å². The van der Waals surface area contributed by atoms with Crippen LogP contribution < -0.4 is 10.6 Å². The zero-order valence-electron chi connectivity index (χ0n) is 12.2. The summed E-state index contributed by atoms with van der Waals surface area (Å²) in [5.74, 6) is 0.982. The Morgan fingerprint density at radius 3 is 2.50 bits per heavy atom. The molecular formula is C16H24ClN3. The van der Waals surface area contributed by atoms with Crippen molar-refractivity contribution in [2.45, 2.75) is 25.8 Å². The average molecular weight is 294 g/mol. The van der Waals surface area contributed by atoms with Gasteiger partial charge < -0.3 is 10.6 Å². The molecule has 2 N–H and O–H groups in total. The van der Waals surface area contributed by atoms with Gasteiger partial charge in [0, 0.05) is 38.8 Å². The van der Waals surface area contributed by atoms with Crippen molar-refractivity contribution in [1.29, 1.82) is 0 Å². The Hall–Kier alpha value is -0.770. The summed E-state index contributed by atoms with van der Waals surface area (Å²) in [5, 5.41) is 0.829. The van der Waals surface area contributed by atoms with Crippen LogP contribution in [0, 0.1) is 5.92 Å². The molecule has 1 saturated heterocycles. The second-order valence-electron chi connectivity index (χ2n) is 6.23. The molecule has 110 valence electrons. The molecule has 1 aromatic carbocycles. The highest BCUT2D eigenvalue weighted by Crippen LogP contribution is 2.32. The van der Waals surface area contributed by atoms with E-state index >= 15 is 0 Å². The summed E-state index contributed by atoms with van der Waals surface area (Å²) in [7, 11) is 0. The monoisotopic (exact) mass is 293 g/mol. The Kier molecular flexibility index (Phi) is 4.20. The Morgan fingerprint density at radius 2 is 1.95 bits per heavy atom. The molecule has 1 unspecified atom stereocenters. The molecule has 1 aliphatic carbocycles. The van der Waals surface area contributed by atoms with Gasteiger partial charge in [-0.1, -0.05) is 17.7 Å². The zero-order chi connectivity index (χ0) is 14.1. The Bertz CT molecular complexity index is 463. The van der Waals surface area contributed by atoms with E-state index in [4.69, 9.17) is 17.3 Å². The van der Waals surface area contributed by atoms with Crippen molar-refractivity contribution < 1.29 is 0 Å². The summed E-state index contributed by atoms with van der Waals surface area (Å²) in [6, 6.07) is 6.27. The van der Waals surface area contributed by atoms with Gasteiger partial charge in [-0.3, -0.25) is 4.90 Å². The van der Waals surface area contributed by atoms with Crippen molar-refractivity contribution in [3.8, 4) is 0 Å². The first-order valence-corrected chi connectivity index (χ1v) is 8.03. The lowest BCUT2D eigenvalue weighted by Gasteiger charge is -2.36. The number of halogens is 1. The van der Waals surface area contributed by atoms with Crippen molar-refractivity contribution in [3.63, 3.8) is 0 Å². The lowest BCUT2D eigenvalue weighted by atomic mass is 10.1. The molecule has 0 amide bonds. The number of piperazine rings is 1. The van der Waals surface area contributed by atoms with Crippen LogP contribution in [0.5, 0.6) is 0 Å². The molecule has 2 fully saturated rings. The predicted octanol–water partition coefficient (Wildman–Crippen LogP) is 2.89. The van der Waals surface area contributed by atoms with Gasteiger partial charge in [-0.15, -0.1) is 0 Å². The lowest BCUT2D eigenvalue weighted by molar-refractivity contribution is 0.248. The van der Waals surface area contributed by atoms with Crippen LogP contribution in [0.4, 0.5) is 5.69 Å². The topological polar surface area (TPSA) is 32.5 Å². The summed E-state index contributed by atoms with van der Waals surface area (Å²) in [5.41, 5.74) is 8.16. The van der Waals surface area contributed by atoms with E-state index in [1.54, 1.807) is 0 Å². The maximum atomic E-state index is 6.43. The zero-order valence-corrected chi connectivity index (χ0v) is 12.9. The number of nitrogens with zero attached hydrogens (tertiary/aromatic N) is 2. The maximum absolute atomic E-state index is 6.43. The molecule has 0 radical (unpaired) electrons. The number of hydrogen-bond donors (Lipinski definition) is 1. The minimum absolute atomic E-state index is 0.0388. The number of benzene rings is 1. The molecule has 3 rings (SSSR count). The Labute approximate surface area is 126 Å². The highest BCUT2D eigenvalue weighted by molar-refractivity contribution is 6.33. The summed E-state index contributed by atoms with van der Waals surface area (Å²) < 4.78 is 0. The lowest BCUT2D eigenvalue weighted by Crippen LogP contribution is -2.47. The summed E-state index contributed by atoms with van der Waals surface area (Å²) >= 11 is 6.43. The first-order valence-electron chi connectivity index (χ1n) is 7.66. The molecule has 3 nitrogen and oxygen atoms in total. The fourth-order valence-electron chi connectivity index (χ4n) is 2.90. The van der Waals surface area contributed by atoms with Gasteiger partial charge in [0.15, 0.2) is 0 Å². The first-order chi connectivity index (χ1) is 9.63. The van der Waals surface area contributed by atoms with Crippen LogP contribution in [0.3, 0.4) is 0 Å². The van der Waals surface area contributed by atoms with Crippen LogP contribution in [0.1, 0.15) is 31.4 Å². The highest BCUT2D eigenvalue weighted by atomic mass is 35.5. The van der Waals surface area contributed by atoms with Gasteiger partial charge in [0.1, 0.15) is 0 Å². The normalized spacial score (nSPS) is 22.1. The molecule has 0 spiro atoms.